The fourth-order valence-electron chi connectivity index (χ4n) is 4.14. The zero-order valence-electron chi connectivity index (χ0n) is 12.2. The Morgan fingerprint density at radius 2 is 1.88 bits per heavy atom. The molecule has 0 radical (unpaired) electrons. The van der Waals surface area contributed by atoms with E-state index in [0.29, 0.717) is 16.9 Å². The van der Waals surface area contributed by atoms with Crippen LogP contribution < -0.4 is 0 Å². The van der Waals surface area contributed by atoms with Crippen LogP contribution in [-0.2, 0) is 4.74 Å². The van der Waals surface area contributed by atoms with Crippen LogP contribution in [0, 0.1) is 16.7 Å². The second kappa shape index (κ2) is 4.91. The Kier molecular flexibility index (Phi) is 3.87. The summed E-state index contributed by atoms with van der Waals surface area (Å²) in [7, 11) is 0. The van der Waals surface area contributed by atoms with Gasteiger partial charge in [0.05, 0.1) is 6.10 Å². The van der Waals surface area contributed by atoms with E-state index >= 15 is 0 Å². The second-order valence-electron chi connectivity index (χ2n) is 7.03. The number of rotatable bonds is 6. The van der Waals surface area contributed by atoms with Gasteiger partial charge in [0.15, 0.2) is 0 Å². The maximum absolute atomic E-state index is 6.22. The topological polar surface area (TPSA) is 9.23 Å². The lowest BCUT2D eigenvalue weighted by Gasteiger charge is -2.39. The van der Waals surface area contributed by atoms with Gasteiger partial charge >= 0.3 is 0 Å². The number of unbranched alkanes of at least 4 members (excludes halogenated alkanes) is 3. The van der Waals surface area contributed by atoms with Crippen molar-refractivity contribution < 1.29 is 4.74 Å². The predicted octanol–water partition coefficient (Wildman–Crippen LogP) is 4.80. The lowest BCUT2D eigenvalue weighted by atomic mass is 9.70. The molecule has 3 atom stereocenters. The number of hydrogen-bond acceptors (Lipinski definition) is 1. The van der Waals surface area contributed by atoms with Gasteiger partial charge in [-0.25, -0.2) is 0 Å². The highest BCUT2D eigenvalue weighted by Crippen LogP contribution is 2.66. The van der Waals surface area contributed by atoms with E-state index in [9.17, 15) is 0 Å². The van der Waals surface area contributed by atoms with Crippen molar-refractivity contribution in [1.29, 1.82) is 0 Å². The predicted molar refractivity (Wildman–Crippen MR) is 73.1 cm³/mol. The molecule has 1 heteroatoms. The first-order valence-electron chi connectivity index (χ1n) is 7.64. The SMILES string of the molecule is CCCCCCOC1C[C@H]2CC[C@@]1(C)C2(C)C. The molecule has 2 rings (SSSR count). The first-order chi connectivity index (χ1) is 8.02. The third-order valence-electron chi connectivity index (χ3n) is 6.03. The van der Waals surface area contributed by atoms with E-state index in [1.54, 1.807) is 0 Å². The van der Waals surface area contributed by atoms with Gasteiger partial charge in [0.2, 0.25) is 0 Å². The van der Waals surface area contributed by atoms with Crippen LogP contribution in [0.15, 0.2) is 0 Å². The quantitative estimate of drug-likeness (QED) is 0.604. The highest BCUT2D eigenvalue weighted by atomic mass is 16.5. The Bertz CT molecular complexity index is 258. The van der Waals surface area contributed by atoms with E-state index in [1.165, 1.54) is 44.9 Å². The van der Waals surface area contributed by atoms with Crippen LogP contribution in [0.25, 0.3) is 0 Å². The van der Waals surface area contributed by atoms with Crippen molar-refractivity contribution in [2.45, 2.75) is 78.7 Å². The van der Waals surface area contributed by atoms with Crippen LogP contribution in [0.5, 0.6) is 0 Å². The lowest BCUT2D eigenvalue weighted by Crippen LogP contribution is -2.37. The minimum Gasteiger partial charge on any atom is -0.378 e. The summed E-state index contributed by atoms with van der Waals surface area (Å²) in [5.74, 6) is 0.910. The van der Waals surface area contributed by atoms with E-state index in [0.717, 1.165) is 12.5 Å². The molecule has 0 aromatic rings. The summed E-state index contributed by atoms with van der Waals surface area (Å²) < 4.78 is 6.22. The molecule has 0 aliphatic heterocycles. The molecule has 100 valence electrons. The average molecular weight is 238 g/mol. The Morgan fingerprint density at radius 1 is 1.12 bits per heavy atom. The molecule has 2 bridgehead atoms. The minimum atomic E-state index is 0.447. The Labute approximate surface area is 107 Å². The van der Waals surface area contributed by atoms with Crippen LogP contribution in [-0.4, -0.2) is 12.7 Å². The van der Waals surface area contributed by atoms with E-state index in [4.69, 9.17) is 4.74 Å². The van der Waals surface area contributed by atoms with Gasteiger partial charge in [-0.15, -0.1) is 0 Å². The minimum absolute atomic E-state index is 0.447. The van der Waals surface area contributed by atoms with Crippen LogP contribution >= 0.6 is 0 Å². The summed E-state index contributed by atoms with van der Waals surface area (Å²) in [4.78, 5) is 0. The summed E-state index contributed by atoms with van der Waals surface area (Å²) in [6.07, 6.45) is 9.94. The molecule has 1 unspecified atom stereocenters. The molecule has 0 saturated heterocycles. The molecule has 2 aliphatic rings. The maximum atomic E-state index is 6.22. The zero-order chi connectivity index (χ0) is 12.5. The molecule has 0 aromatic carbocycles. The third-order valence-corrected chi connectivity index (χ3v) is 6.03. The highest BCUT2D eigenvalue weighted by Gasteiger charge is 2.61. The zero-order valence-corrected chi connectivity index (χ0v) is 12.2. The largest absolute Gasteiger partial charge is 0.378 e. The summed E-state index contributed by atoms with van der Waals surface area (Å²) in [6.45, 7) is 10.6. The molecule has 0 amide bonds. The van der Waals surface area contributed by atoms with Crippen LogP contribution in [0.2, 0.25) is 0 Å². The van der Waals surface area contributed by atoms with E-state index < -0.39 is 0 Å². The average Bonchev–Trinajstić information content (AvgIpc) is 2.61. The van der Waals surface area contributed by atoms with Crippen molar-refractivity contribution in [3.8, 4) is 0 Å². The molecule has 0 N–H and O–H groups in total. The normalized spacial score (nSPS) is 38.8. The van der Waals surface area contributed by atoms with Gasteiger partial charge in [0.1, 0.15) is 0 Å². The molecule has 0 spiro atoms. The van der Waals surface area contributed by atoms with E-state index in [2.05, 4.69) is 27.7 Å². The van der Waals surface area contributed by atoms with Crippen LogP contribution in [0.1, 0.15) is 72.6 Å². The first kappa shape index (κ1) is 13.4. The van der Waals surface area contributed by atoms with Gasteiger partial charge in [-0.3, -0.25) is 0 Å². The molecular formula is C16H30O. The van der Waals surface area contributed by atoms with E-state index in [1.807, 2.05) is 0 Å². The number of fused-ring (bicyclic) bond motifs is 2. The summed E-state index contributed by atoms with van der Waals surface area (Å²) in [5.41, 5.74) is 0.948. The lowest BCUT2D eigenvalue weighted by molar-refractivity contribution is -0.0475. The third kappa shape index (κ3) is 2.16. The highest BCUT2D eigenvalue weighted by molar-refractivity contribution is 5.11. The van der Waals surface area contributed by atoms with Gasteiger partial charge in [0.25, 0.3) is 0 Å². The van der Waals surface area contributed by atoms with Gasteiger partial charge in [-0.1, -0.05) is 47.0 Å². The molecular weight excluding hydrogens is 208 g/mol. The summed E-state index contributed by atoms with van der Waals surface area (Å²) in [6, 6.07) is 0. The van der Waals surface area contributed by atoms with Gasteiger partial charge in [0, 0.05) is 6.61 Å². The molecule has 2 aliphatic carbocycles. The maximum Gasteiger partial charge on any atom is 0.0636 e. The van der Waals surface area contributed by atoms with Crippen molar-refractivity contribution in [3.63, 3.8) is 0 Å². The fourth-order valence-corrected chi connectivity index (χ4v) is 4.14. The number of hydrogen-bond donors (Lipinski definition) is 0. The van der Waals surface area contributed by atoms with Crippen LogP contribution in [0.3, 0.4) is 0 Å². The molecule has 17 heavy (non-hydrogen) atoms. The van der Waals surface area contributed by atoms with Crippen molar-refractivity contribution in [2.75, 3.05) is 6.61 Å². The van der Waals surface area contributed by atoms with Crippen molar-refractivity contribution in [1.82, 2.24) is 0 Å². The Hall–Kier alpha value is -0.0400. The molecule has 0 aromatic heterocycles. The first-order valence-corrected chi connectivity index (χ1v) is 7.64. The van der Waals surface area contributed by atoms with Gasteiger partial charge in [-0.05, 0) is 42.4 Å². The molecule has 1 nitrogen and oxygen atoms in total. The monoisotopic (exact) mass is 238 g/mol. The van der Waals surface area contributed by atoms with Gasteiger partial charge in [-0.2, -0.15) is 0 Å². The molecule has 2 fully saturated rings. The number of ether oxygens (including phenoxy) is 1. The Balaban J connectivity index is 1.80. The standard InChI is InChI=1S/C16H30O/c1-5-6-7-8-11-17-14-12-13-9-10-16(14,4)15(13,2)3/h13-14H,5-12H2,1-4H3/t13-,14?,16-/m1/s1. The second-order valence-corrected chi connectivity index (χ2v) is 7.03. The summed E-state index contributed by atoms with van der Waals surface area (Å²) in [5, 5.41) is 0. The van der Waals surface area contributed by atoms with E-state index in [-0.39, 0.29) is 0 Å². The Morgan fingerprint density at radius 3 is 2.41 bits per heavy atom. The van der Waals surface area contributed by atoms with Crippen molar-refractivity contribution in [2.24, 2.45) is 16.7 Å². The van der Waals surface area contributed by atoms with Crippen molar-refractivity contribution in [3.05, 3.63) is 0 Å². The molecule has 0 heterocycles. The summed E-state index contributed by atoms with van der Waals surface area (Å²) >= 11 is 0. The smallest absolute Gasteiger partial charge is 0.0636 e. The van der Waals surface area contributed by atoms with Crippen LogP contribution in [0.4, 0.5) is 0 Å². The van der Waals surface area contributed by atoms with Gasteiger partial charge < -0.3 is 4.74 Å². The fraction of sp³-hybridized carbons (Fsp3) is 1.00. The van der Waals surface area contributed by atoms with Crippen molar-refractivity contribution >= 4 is 0 Å². The molecule has 2 saturated carbocycles.